The Balaban J connectivity index is 0.000000388. The van der Waals surface area contributed by atoms with Gasteiger partial charge in [-0.1, -0.05) is 71.2 Å². The topological polar surface area (TPSA) is 209 Å². The van der Waals surface area contributed by atoms with Crippen LogP contribution in [0.4, 0.5) is 9.59 Å². The number of Topliss-reactive ketones (excluding diaryl/α,β-unsaturated/α-hetero) is 2. The molecular formula is C48H65Cl3N2O14. The Hall–Kier alpha value is -4.93. The third kappa shape index (κ3) is 17.9. The number of ketones is 2. The van der Waals surface area contributed by atoms with E-state index in [0.717, 1.165) is 25.7 Å². The molecule has 2 fully saturated rings. The maximum Gasteiger partial charge on any atom is 0.413 e. The lowest BCUT2D eigenvalue weighted by molar-refractivity contribution is -0.170. The van der Waals surface area contributed by atoms with Gasteiger partial charge >= 0.3 is 36.1 Å². The molecule has 2 unspecified atom stereocenters. The van der Waals surface area contributed by atoms with Crippen molar-refractivity contribution in [2.75, 3.05) is 14.1 Å². The predicted molar refractivity (Wildman–Crippen MR) is 250 cm³/mol. The van der Waals surface area contributed by atoms with Gasteiger partial charge in [-0.2, -0.15) is 0 Å². The monoisotopic (exact) mass is 998 g/mol. The second-order valence-electron chi connectivity index (χ2n) is 18.0. The normalized spacial score (nSPS) is 19.1. The van der Waals surface area contributed by atoms with Crippen molar-refractivity contribution in [2.24, 2.45) is 0 Å². The van der Waals surface area contributed by atoms with E-state index in [-0.39, 0.29) is 37.2 Å². The zero-order valence-electron chi connectivity index (χ0n) is 40.0. The molecule has 4 atom stereocenters. The van der Waals surface area contributed by atoms with Crippen LogP contribution in [0, 0.1) is 0 Å². The Morgan fingerprint density at radius 3 is 1.34 bits per heavy atom. The number of amides is 2. The number of hydrogen-bond donors (Lipinski definition) is 1. The Labute approximate surface area is 408 Å². The van der Waals surface area contributed by atoms with Crippen LogP contribution in [0.5, 0.6) is 0 Å². The first-order valence-electron chi connectivity index (χ1n) is 22.0. The summed E-state index contributed by atoms with van der Waals surface area (Å²) < 4.78 is 25.5. The van der Waals surface area contributed by atoms with Crippen molar-refractivity contribution < 1.29 is 67.1 Å². The van der Waals surface area contributed by atoms with Crippen molar-refractivity contribution >= 4 is 82.4 Å². The van der Waals surface area contributed by atoms with Crippen LogP contribution in [0.2, 0.25) is 10.0 Å². The summed E-state index contributed by atoms with van der Waals surface area (Å²) in [7, 11) is 3.04. The molecule has 4 rings (SSSR count). The second kappa shape index (κ2) is 26.0. The number of carboxylic acids is 1. The summed E-state index contributed by atoms with van der Waals surface area (Å²) >= 11 is 18.4. The highest BCUT2D eigenvalue weighted by Gasteiger charge is 2.50. The molecule has 2 aliphatic rings. The maximum absolute atomic E-state index is 13.1. The summed E-state index contributed by atoms with van der Waals surface area (Å²) in [6, 6.07) is 14.1. The summed E-state index contributed by atoms with van der Waals surface area (Å²) in [5, 5.41) is 9.11. The number of aliphatic carboxylic acids is 1. The lowest BCUT2D eigenvalue weighted by Crippen LogP contribution is -2.54. The number of carbonyl (C=O) groups is 8. The van der Waals surface area contributed by atoms with Gasteiger partial charge in [0.1, 0.15) is 22.3 Å². The number of hydrogen-bond acceptors (Lipinski definition) is 13. The third-order valence-electron chi connectivity index (χ3n) is 10.4. The molecule has 0 bridgehead atoms. The number of likely N-dealkylation sites (N-methyl/N-ethyl adjacent to an activating group) is 2. The van der Waals surface area contributed by atoms with Crippen LogP contribution in [0.1, 0.15) is 144 Å². The van der Waals surface area contributed by atoms with E-state index in [0.29, 0.717) is 46.9 Å². The number of rotatable bonds is 13. The molecule has 2 aromatic carbocycles. The van der Waals surface area contributed by atoms with Crippen LogP contribution in [0.25, 0.3) is 0 Å². The van der Waals surface area contributed by atoms with Gasteiger partial charge in [-0.15, -0.1) is 0 Å². The fraction of sp³-hybridized carbons (Fsp3) is 0.583. The smallest absolute Gasteiger partial charge is 0.413 e. The molecule has 0 aliphatic heterocycles. The molecule has 67 heavy (non-hydrogen) atoms. The summed E-state index contributed by atoms with van der Waals surface area (Å²) in [6.45, 7) is 13.4. The lowest BCUT2D eigenvalue weighted by Gasteiger charge is -2.43. The van der Waals surface area contributed by atoms with Gasteiger partial charge < -0.3 is 28.8 Å². The molecular weight excluding hydrogens is 935 g/mol. The van der Waals surface area contributed by atoms with E-state index in [1.807, 2.05) is 6.07 Å². The molecule has 2 aromatic rings. The maximum atomic E-state index is 13.1. The Morgan fingerprint density at radius 1 is 0.612 bits per heavy atom. The largest absolute Gasteiger partial charge is 0.481 e. The van der Waals surface area contributed by atoms with Crippen molar-refractivity contribution in [1.29, 1.82) is 0 Å². The first-order chi connectivity index (χ1) is 31.1. The molecule has 0 saturated heterocycles. The first-order valence-corrected chi connectivity index (χ1v) is 23.2. The fourth-order valence-corrected chi connectivity index (χ4v) is 8.14. The molecule has 2 saturated carbocycles. The standard InChI is InChI=1S/C24H32ClNO7.C16H19Cl2NO3.C8H14O4/c1-16(31-20(28)13-14-21(29)33-23(2,3)4)32-22(30)26(5)24(15-9-8-12-19(24)27)17-10-6-7-11-18(17)25;1-11(17)22-15(21)19(2)16(10-6-5-9-14(16)20)12-7-3-4-8-13(12)18;1-8(2,3)12-7(11)5-4-6(9)10/h6-7,10-11,16H,8-9,12-15H2,1-5H3;3-4,7-8,11H,5-6,9-10H2,1-2H3;4-5H2,1-3H3,(H,9,10)/t16?,24-;11?,16-;/m00./s1. The lowest BCUT2D eigenvalue weighted by atomic mass is 9.74. The molecule has 0 radical (unpaired) electrons. The van der Waals surface area contributed by atoms with Gasteiger partial charge in [0, 0.05) is 55.0 Å². The van der Waals surface area contributed by atoms with Crippen LogP contribution in [0.15, 0.2) is 48.5 Å². The average Bonchev–Trinajstić information content (AvgIpc) is 3.22. The summed E-state index contributed by atoms with van der Waals surface area (Å²) in [6.07, 6.45) is 1.54. The quantitative estimate of drug-likeness (QED) is 0.0857. The number of carbonyl (C=O) groups excluding carboxylic acids is 7. The van der Waals surface area contributed by atoms with Gasteiger partial charge in [0.05, 0.1) is 25.7 Å². The Bertz CT molecular complexity index is 2070. The van der Waals surface area contributed by atoms with Gasteiger partial charge in [0.25, 0.3) is 0 Å². The third-order valence-corrected chi connectivity index (χ3v) is 11.1. The molecule has 0 heterocycles. The van der Waals surface area contributed by atoms with Gasteiger partial charge in [0.15, 0.2) is 17.1 Å². The Kier molecular flexibility index (Phi) is 22.6. The number of ether oxygens (including phenoxy) is 5. The zero-order valence-corrected chi connectivity index (χ0v) is 42.3. The van der Waals surface area contributed by atoms with Crippen LogP contribution in [-0.4, -0.2) is 99.7 Å². The van der Waals surface area contributed by atoms with Crippen LogP contribution in [-0.2, 0) is 63.5 Å². The second-order valence-corrected chi connectivity index (χ2v) is 19.4. The number of esters is 3. The molecule has 0 aromatic heterocycles. The minimum Gasteiger partial charge on any atom is -0.481 e. The van der Waals surface area contributed by atoms with Gasteiger partial charge in [-0.3, -0.25) is 38.6 Å². The first kappa shape index (κ1) is 58.2. The highest BCUT2D eigenvalue weighted by Crippen LogP contribution is 2.44. The Morgan fingerprint density at radius 2 is 0.985 bits per heavy atom. The SMILES string of the molecule is CC(C)(C)OC(=O)CCC(=O)O.CC(Cl)OC(=O)N(C)[C@]1(c2ccccc2Cl)CCCCC1=O.CC(OC(=O)CCC(=O)OC(C)(C)C)OC(=O)N(C)[C@]1(c2ccccc2Cl)CCCCC1=O. The minimum absolute atomic E-state index is 0.0199. The minimum atomic E-state index is -1.26. The summed E-state index contributed by atoms with van der Waals surface area (Å²) in [4.78, 5) is 98.4. The number of nitrogens with zero attached hydrogens (tertiary/aromatic N) is 2. The van der Waals surface area contributed by atoms with Crippen molar-refractivity contribution in [3.63, 3.8) is 0 Å². The van der Waals surface area contributed by atoms with Gasteiger partial charge in [0.2, 0.25) is 6.29 Å². The van der Waals surface area contributed by atoms with E-state index >= 15 is 0 Å². The molecule has 372 valence electrons. The van der Waals surface area contributed by atoms with Gasteiger partial charge in [-0.25, -0.2) is 9.59 Å². The molecule has 16 nitrogen and oxygen atoms in total. The van der Waals surface area contributed by atoms with Crippen LogP contribution >= 0.6 is 34.8 Å². The number of alkyl halides is 1. The van der Waals surface area contributed by atoms with E-state index in [2.05, 4.69) is 0 Å². The highest BCUT2D eigenvalue weighted by molar-refractivity contribution is 6.32. The van der Waals surface area contributed by atoms with E-state index in [9.17, 15) is 38.4 Å². The van der Waals surface area contributed by atoms with Crippen molar-refractivity contribution in [1.82, 2.24) is 9.80 Å². The predicted octanol–water partition coefficient (Wildman–Crippen LogP) is 10.3. The molecule has 2 amide bonds. The van der Waals surface area contributed by atoms with Gasteiger partial charge in [-0.05, 0) is 99.1 Å². The highest BCUT2D eigenvalue weighted by atomic mass is 35.5. The van der Waals surface area contributed by atoms with E-state index in [4.69, 9.17) is 63.6 Å². The van der Waals surface area contributed by atoms with Crippen molar-refractivity contribution in [2.45, 2.75) is 167 Å². The number of carboxylic acid groups (broad SMARTS) is 1. The zero-order chi connectivity index (χ0) is 50.9. The number of benzene rings is 2. The summed E-state index contributed by atoms with van der Waals surface area (Å²) in [5.74, 6) is -2.83. The molecule has 1 N–H and O–H groups in total. The summed E-state index contributed by atoms with van der Waals surface area (Å²) in [5.41, 5.74) is -3.11. The molecule has 0 spiro atoms. The fourth-order valence-electron chi connectivity index (χ4n) is 7.48. The van der Waals surface area contributed by atoms with E-state index in [1.54, 1.807) is 98.0 Å². The number of halogens is 3. The van der Waals surface area contributed by atoms with Crippen molar-refractivity contribution in [3.8, 4) is 0 Å². The van der Waals surface area contributed by atoms with Crippen LogP contribution < -0.4 is 0 Å². The van der Waals surface area contributed by atoms with E-state index < -0.39 is 70.2 Å². The molecule has 19 heteroatoms. The van der Waals surface area contributed by atoms with E-state index in [1.165, 1.54) is 23.8 Å². The average molecular weight is 1000 g/mol. The van der Waals surface area contributed by atoms with Crippen molar-refractivity contribution in [3.05, 3.63) is 69.7 Å². The van der Waals surface area contributed by atoms with Crippen LogP contribution in [0.3, 0.4) is 0 Å². The molecule has 2 aliphatic carbocycles.